The third kappa shape index (κ3) is 2.71. The molecule has 0 saturated heterocycles. The van der Waals surface area contributed by atoms with Crippen molar-refractivity contribution in [3.8, 4) is 0 Å². The van der Waals surface area contributed by atoms with Gasteiger partial charge in [0.15, 0.2) is 0 Å². The third-order valence-corrected chi connectivity index (χ3v) is 4.22. The Labute approximate surface area is 110 Å². The second-order valence-electron chi connectivity index (χ2n) is 5.19. The van der Waals surface area contributed by atoms with E-state index in [1.54, 1.807) is 0 Å². The van der Waals surface area contributed by atoms with E-state index in [-0.39, 0.29) is 11.8 Å². The van der Waals surface area contributed by atoms with E-state index in [0.717, 1.165) is 23.4 Å². The van der Waals surface area contributed by atoms with Gasteiger partial charge in [-0.1, -0.05) is 28.1 Å². The van der Waals surface area contributed by atoms with Crippen molar-refractivity contribution >= 4 is 21.8 Å². The van der Waals surface area contributed by atoms with Gasteiger partial charge in [-0.3, -0.25) is 4.79 Å². The van der Waals surface area contributed by atoms with Crippen LogP contribution in [0.25, 0.3) is 0 Å². The minimum absolute atomic E-state index is 0.218. The largest absolute Gasteiger partial charge is 0.356 e. The molecule has 1 aromatic rings. The fraction of sp³-hybridized carbons (Fsp3) is 0.500. The molecule has 2 aliphatic carbocycles. The summed E-state index contributed by atoms with van der Waals surface area (Å²) in [4.78, 5) is 11.9. The number of nitrogens with one attached hydrogen (secondary N) is 1. The zero-order valence-corrected chi connectivity index (χ0v) is 11.2. The SMILES string of the molecule is O=C(NCC1CC1)C1CC1c1ccc(Br)cc1. The van der Waals surface area contributed by atoms with Crippen LogP contribution in [-0.4, -0.2) is 12.5 Å². The predicted molar refractivity (Wildman–Crippen MR) is 70.7 cm³/mol. The van der Waals surface area contributed by atoms with E-state index in [2.05, 4.69) is 33.4 Å². The number of hydrogen-bond donors (Lipinski definition) is 1. The van der Waals surface area contributed by atoms with Crippen molar-refractivity contribution in [1.29, 1.82) is 0 Å². The van der Waals surface area contributed by atoms with E-state index >= 15 is 0 Å². The molecule has 2 aliphatic rings. The summed E-state index contributed by atoms with van der Waals surface area (Å²) >= 11 is 3.43. The maximum atomic E-state index is 11.9. The zero-order valence-electron chi connectivity index (χ0n) is 9.66. The molecule has 0 spiro atoms. The summed E-state index contributed by atoms with van der Waals surface area (Å²) in [5.41, 5.74) is 1.29. The number of benzene rings is 1. The third-order valence-electron chi connectivity index (χ3n) is 3.69. The Bertz CT molecular complexity index is 424. The summed E-state index contributed by atoms with van der Waals surface area (Å²) in [6.45, 7) is 0.891. The van der Waals surface area contributed by atoms with Gasteiger partial charge < -0.3 is 5.32 Å². The van der Waals surface area contributed by atoms with Gasteiger partial charge in [-0.2, -0.15) is 0 Å². The minimum atomic E-state index is 0.218. The quantitative estimate of drug-likeness (QED) is 0.908. The highest BCUT2D eigenvalue weighted by Crippen LogP contribution is 2.47. The lowest BCUT2D eigenvalue weighted by molar-refractivity contribution is -0.122. The molecular weight excluding hydrogens is 278 g/mol. The lowest BCUT2D eigenvalue weighted by Gasteiger charge is -2.03. The molecule has 2 fully saturated rings. The van der Waals surface area contributed by atoms with Gasteiger partial charge >= 0.3 is 0 Å². The number of carbonyl (C=O) groups excluding carboxylic acids is 1. The first-order valence-corrected chi connectivity index (χ1v) is 7.06. The molecule has 1 aromatic carbocycles. The van der Waals surface area contributed by atoms with Gasteiger partial charge in [-0.05, 0) is 48.8 Å². The van der Waals surface area contributed by atoms with Crippen LogP contribution in [-0.2, 0) is 4.79 Å². The summed E-state index contributed by atoms with van der Waals surface area (Å²) in [6, 6.07) is 8.32. The van der Waals surface area contributed by atoms with E-state index in [4.69, 9.17) is 0 Å². The summed E-state index contributed by atoms with van der Waals surface area (Å²) in [7, 11) is 0. The van der Waals surface area contributed by atoms with Crippen LogP contribution in [0.3, 0.4) is 0 Å². The molecule has 2 saturated carbocycles. The summed E-state index contributed by atoms with van der Waals surface area (Å²) < 4.78 is 1.09. The number of hydrogen-bond acceptors (Lipinski definition) is 1. The molecular formula is C14H16BrNO. The molecule has 3 rings (SSSR count). The van der Waals surface area contributed by atoms with E-state index < -0.39 is 0 Å². The van der Waals surface area contributed by atoms with E-state index in [9.17, 15) is 4.79 Å². The zero-order chi connectivity index (χ0) is 11.8. The lowest BCUT2D eigenvalue weighted by Crippen LogP contribution is -2.27. The lowest BCUT2D eigenvalue weighted by atomic mass is 10.1. The Balaban J connectivity index is 1.54. The van der Waals surface area contributed by atoms with Gasteiger partial charge in [0.05, 0.1) is 0 Å². The van der Waals surface area contributed by atoms with Gasteiger partial charge in [0.1, 0.15) is 0 Å². The van der Waals surface area contributed by atoms with Gasteiger partial charge in [0.25, 0.3) is 0 Å². The van der Waals surface area contributed by atoms with Crippen molar-refractivity contribution in [2.24, 2.45) is 11.8 Å². The van der Waals surface area contributed by atoms with Gasteiger partial charge in [0.2, 0.25) is 5.91 Å². The second-order valence-corrected chi connectivity index (χ2v) is 6.10. The van der Waals surface area contributed by atoms with Crippen LogP contribution < -0.4 is 5.32 Å². The first kappa shape index (κ1) is 11.3. The maximum Gasteiger partial charge on any atom is 0.223 e. The number of halogens is 1. The molecule has 1 N–H and O–H groups in total. The molecule has 0 radical (unpaired) electrons. The van der Waals surface area contributed by atoms with Crippen LogP contribution >= 0.6 is 15.9 Å². The molecule has 0 aliphatic heterocycles. The Kier molecular flexibility index (Phi) is 2.95. The monoisotopic (exact) mass is 293 g/mol. The molecule has 0 bridgehead atoms. The van der Waals surface area contributed by atoms with Crippen molar-refractivity contribution < 1.29 is 4.79 Å². The minimum Gasteiger partial charge on any atom is -0.356 e. The molecule has 1 amide bonds. The molecule has 2 nitrogen and oxygen atoms in total. The van der Waals surface area contributed by atoms with Crippen molar-refractivity contribution in [3.63, 3.8) is 0 Å². The molecule has 90 valence electrons. The standard InChI is InChI=1S/C14H16BrNO/c15-11-5-3-10(4-6-11)12-7-13(12)14(17)16-8-9-1-2-9/h3-6,9,12-13H,1-2,7-8H2,(H,16,17). The topological polar surface area (TPSA) is 29.1 Å². The molecule has 17 heavy (non-hydrogen) atoms. The number of carbonyl (C=O) groups is 1. The Hall–Kier alpha value is -0.830. The van der Waals surface area contributed by atoms with Gasteiger partial charge in [0, 0.05) is 16.9 Å². The van der Waals surface area contributed by atoms with E-state index in [1.165, 1.54) is 18.4 Å². The fourth-order valence-corrected chi connectivity index (χ4v) is 2.53. The molecule has 0 aromatic heterocycles. The van der Waals surface area contributed by atoms with Crippen molar-refractivity contribution in [3.05, 3.63) is 34.3 Å². The highest BCUT2D eigenvalue weighted by Gasteiger charge is 2.43. The van der Waals surface area contributed by atoms with Crippen LogP contribution in [0.4, 0.5) is 0 Å². The normalized spacial score (nSPS) is 26.6. The first-order chi connectivity index (χ1) is 8.24. The van der Waals surface area contributed by atoms with Crippen LogP contribution in [0.5, 0.6) is 0 Å². The highest BCUT2D eigenvalue weighted by atomic mass is 79.9. The molecule has 0 heterocycles. The predicted octanol–water partition coefficient (Wildman–Crippen LogP) is 3.08. The molecule has 2 atom stereocenters. The second kappa shape index (κ2) is 4.45. The smallest absolute Gasteiger partial charge is 0.223 e. The van der Waals surface area contributed by atoms with Crippen LogP contribution in [0.2, 0.25) is 0 Å². The van der Waals surface area contributed by atoms with Crippen LogP contribution in [0.1, 0.15) is 30.7 Å². The Morgan fingerprint density at radius 2 is 2.00 bits per heavy atom. The van der Waals surface area contributed by atoms with Gasteiger partial charge in [-0.25, -0.2) is 0 Å². The molecule has 3 heteroatoms. The van der Waals surface area contributed by atoms with Crippen molar-refractivity contribution in [2.45, 2.75) is 25.2 Å². The van der Waals surface area contributed by atoms with Crippen LogP contribution in [0.15, 0.2) is 28.7 Å². The summed E-state index contributed by atoms with van der Waals surface area (Å²) in [5.74, 6) is 1.69. The fourth-order valence-electron chi connectivity index (χ4n) is 2.26. The van der Waals surface area contributed by atoms with Gasteiger partial charge in [-0.15, -0.1) is 0 Å². The average Bonchev–Trinajstić information content (AvgIpc) is 3.20. The van der Waals surface area contributed by atoms with E-state index in [0.29, 0.717) is 5.92 Å². The Morgan fingerprint density at radius 1 is 1.29 bits per heavy atom. The highest BCUT2D eigenvalue weighted by molar-refractivity contribution is 9.10. The van der Waals surface area contributed by atoms with E-state index in [1.807, 2.05) is 12.1 Å². The summed E-state index contributed by atoms with van der Waals surface area (Å²) in [5, 5.41) is 3.07. The van der Waals surface area contributed by atoms with Crippen molar-refractivity contribution in [2.75, 3.05) is 6.54 Å². The maximum absolute atomic E-state index is 11.9. The summed E-state index contributed by atoms with van der Waals surface area (Å²) in [6.07, 6.45) is 3.60. The molecule has 2 unspecified atom stereocenters. The Morgan fingerprint density at radius 3 is 2.65 bits per heavy atom. The van der Waals surface area contributed by atoms with Crippen LogP contribution in [0, 0.1) is 11.8 Å². The average molecular weight is 294 g/mol. The number of amides is 1. The first-order valence-electron chi connectivity index (χ1n) is 6.27. The number of rotatable bonds is 4. The van der Waals surface area contributed by atoms with Crippen molar-refractivity contribution in [1.82, 2.24) is 5.32 Å².